The van der Waals surface area contributed by atoms with Crippen molar-refractivity contribution in [2.24, 2.45) is 11.6 Å². The number of hydrazine groups is 1. The normalized spacial score (nSPS) is 9.36. The Bertz CT molecular complexity index is 199. The Kier molecular flexibility index (Phi) is 6.85. The van der Waals surface area contributed by atoms with E-state index in [1.807, 2.05) is 5.43 Å². The second kappa shape index (κ2) is 5.89. The summed E-state index contributed by atoms with van der Waals surface area (Å²) in [6.07, 6.45) is 0. The average molecular weight is 184 g/mol. The van der Waals surface area contributed by atoms with Crippen molar-refractivity contribution in [3.8, 4) is 0 Å². The molecule has 7 N–H and O–H groups in total. The summed E-state index contributed by atoms with van der Waals surface area (Å²) in [4.78, 5) is 0. The fourth-order valence-electron chi connectivity index (χ4n) is 0. The number of nitrogens with two attached hydrogens (primary N) is 2. The zero-order valence-electron chi connectivity index (χ0n) is 6.03. The molecule has 0 aliphatic heterocycles. The quantitative estimate of drug-likeness (QED) is 0.107. The Balaban J connectivity index is 0. The van der Waals surface area contributed by atoms with Gasteiger partial charge in [0.25, 0.3) is 10.1 Å². The van der Waals surface area contributed by atoms with Crippen LogP contribution < -0.4 is 17.0 Å². The minimum absolute atomic E-state index is 0.201. The average Bonchev–Trinajstić information content (AvgIpc) is 1.88. The predicted molar refractivity (Wildman–Crippen MR) is 41.3 cm³/mol. The van der Waals surface area contributed by atoms with E-state index in [1.165, 1.54) is 6.92 Å². The number of hydrogen-bond acceptors (Lipinski definition) is 4. The van der Waals surface area contributed by atoms with Gasteiger partial charge in [-0.25, -0.2) is 5.84 Å². The third-order valence-electron chi connectivity index (χ3n) is 0.520. The van der Waals surface area contributed by atoms with Crippen molar-refractivity contribution < 1.29 is 13.0 Å². The molecule has 0 atom stereocenters. The van der Waals surface area contributed by atoms with E-state index in [4.69, 9.17) is 9.96 Å². The van der Waals surface area contributed by atoms with Crippen LogP contribution in [0.1, 0.15) is 6.92 Å². The third-order valence-corrected chi connectivity index (χ3v) is 1.25. The Morgan fingerprint density at radius 2 is 1.91 bits per heavy atom. The summed E-state index contributed by atoms with van der Waals surface area (Å²) in [5.41, 5.74) is 6.53. The first-order valence-corrected chi connectivity index (χ1v) is 4.20. The smallest absolute Gasteiger partial charge is 0.264 e. The van der Waals surface area contributed by atoms with Gasteiger partial charge in [-0.05, 0) is 6.92 Å². The van der Waals surface area contributed by atoms with Gasteiger partial charge < -0.3 is 5.73 Å². The largest absolute Gasteiger partial charge is 0.369 e. The van der Waals surface area contributed by atoms with Crippen LogP contribution in [0.3, 0.4) is 0 Å². The van der Waals surface area contributed by atoms with Crippen LogP contribution in [0.5, 0.6) is 0 Å². The molecule has 0 aromatic rings. The van der Waals surface area contributed by atoms with E-state index in [2.05, 4.69) is 11.6 Å². The monoisotopic (exact) mass is 184 g/mol. The molecule has 0 saturated carbocycles. The molecule has 11 heavy (non-hydrogen) atoms. The minimum Gasteiger partial charge on any atom is -0.369 e. The van der Waals surface area contributed by atoms with Crippen molar-refractivity contribution >= 4 is 16.1 Å². The molecule has 0 saturated heterocycles. The summed E-state index contributed by atoms with van der Waals surface area (Å²) < 4.78 is 26.9. The lowest BCUT2D eigenvalue weighted by atomic mass is 11.0. The molecule has 0 bridgehead atoms. The summed E-state index contributed by atoms with van der Waals surface area (Å²) in [5.74, 6) is 4.15. The minimum atomic E-state index is -3.66. The molecule has 0 amide bonds. The van der Waals surface area contributed by atoms with E-state index < -0.39 is 10.1 Å². The van der Waals surface area contributed by atoms with E-state index in [0.717, 1.165) is 0 Å². The summed E-state index contributed by atoms with van der Waals surface area (Å²) >= 11 is 0. The molecule has 0 heterocycles. The molecular formula is C3H12N4O3S. The van der Waals surface area contributed by atoms with Crippen molar-refractivity contribution in [1.82, 2.24) is 5.43 Å². The van der Waals surface area contributed by atoms with Gasteiger partial charge in [-0.2, -0.15) is 8.42 Å². The molecule has 0 rings (SSSR count). The molecule has 8 heteroatoms. The molecule has 0 aliphatic rings. The Morgan fingerprint density at radius 3 is 1.91 bits per heavy atom. The number of nitrogens with one attached hydrogen (secondary N) is 2. The van der Waals surface area contributed by atoms with Gasteiger partial charge in [0.2, 0.25) is 0 Å². The van der Waals surface area contributed by atoms with E-state index in [1.54, 1.807) is 0 Å². The molecule has 0 aliphatic carbocycles. The van der Waals surface area contributed by atoms with Crippen LogP contribution in [0.4, 0.5) is 0 Å². The lowest BCUT2D eigenvalue weighted by molar-refractivity contribution is 0.484. The number of rotatable bonds is 1. The highest BCUT2D eigenvalue weighted by Crippen LogP contribution is 1.74. The maximum atomic E-state index is 9.56. The summed E-state index contributed by atoms with van der Waals surface area (Å²) in [5, 5.41) is 6.28. The highest BCUT2D eigenvalue weighted by Gasteiger charge is 1.93. The summed E-state index contributed by atoms with van der Waals surface area (Å²) in [6, 6.07) is 0. The zero-order valence-corrected chi connectivity index (χ0v) is 6.85. The van der Waals surface area contributed by atoms with E-state index in [9.17, 15) is 8.42 Å². The fourth-order valence-corrected chi connectivity index (χ4v) is 0. The SMILES string of the molecule is CCS(=O)(=O)O.N=C(N)NN. The van der Waals surface area contributed by atoms with Gasteiger partial charge in [0, 0.05) is 0 Å². The number of hydrogen-bond donors (Lipinski definition) is 5. The molecule has 68 valence electrons. The first kappa shape index (κ1) is 12.8. The van der Waals surface area contributed by atoms with Crippen LogP contribution in [0.15, 0.2) is 0 Å². The molecule has 0 fully saturated rings. The molecule has 0 spiro atoms. The second-order valence-corrected chi connectivity index (χ2v) is 3.17. The van der Waals surface area contributed by atoms with Gasteiger partial charge in [-0.1, -0.05) is 0 Å². The second-order valence-electron chi connectivity index (χ2n) is 1.43. The van der Waals surface area contributed by atoms with Crippen molar-refractivity contribution in [2.45, 2.75) is 6.92 Å². The fraction of sp³-hybridized carbons (Fsp3) is 0.667. The van der Waals surface area contributed by atoms with Crippen LogP contribution >= 0.6 is 0 Å². The van der Waals surface area contributed by atoms with Crippen LogP contribution in [-0.4, -0.2) is 24.7 Å². The van der Waals surface area contributed by atoms with Gasteiger partial charge in [-0.3, -0.25) is 15.4 Å². The van der Waals surface area contributed by atoms with Crippen molar-refractivity contribution in [1.29, 1.82) is 5.41 Å². The van der Waals surface area contributed by atoms with Crippen LogP contribution in [-0.2, 0) is 10.1 Å². The molecule has 0 unspecified atom stereocenters. The Labute approximate surface area is 65.0 Å². The standard InChI is InChI=1S/C2H6O3S.CH6N4/c1-2-6(3,4)5;2-1(3)5-4/h2H2,1H3,(H,3,4,5);4H2,(H4,2,3,5). The maximum Gasteiger partial charge on any atom is 0.264 e. The molecule has 7 nitrogen and oxygen atoms in total. The highest BCUT2D eigenvalue weighted by atomic mass is 32.2. The van der Waals surface area contributed by atoms with Crippen LogP contribution in [0.2, 0.25) is 0 Å². The topological polar surface area (TPSA) is 142 Å². The Morgan fingerprint density at radius 1 is 1.73 bits per heavy atom. The van der Waals surface area contributed by atoms with Crippen molar-refractivity contribution in [2.75, 3.05) is 5.75 Å². The Hall–Kier alpha value is -0.860. The van der Waals surface area contributed by atoms with E-state index in [0.29, 0.717) is 0 Å². The predicted octanol–water partition coefficient (Wildman–Crippen LogP) is -1.76. The van der Waals surface area contributed by atoms with Crippen molar-refractivity contribution in [3.05, 3.63) is 0 Å². The molecular weight excluding hydrogens is 172 g/mol. The lowest BCUT2D eigenvalue weighted by Crippen LogP contribution is -2.35. The first-order chi connectivity index (χ1) is 4.83. The first-order valence-electron chi connectivity index (χ1n) is 2.59. The zero-order chi connectivity index (χ0) is 9.49. The van der Waals surface area contributed by atoms with Crippen molar-refractivity contribution in [3.63, 3.8) is 0 Å². The van der Waals surface area contributed by atoms with Gasteiger partial charge in [0.15, 0.2) is 5.96 Å². The number of guanidine groups is 1. The maximum absolute atomic E-state index is 9.56. The third kappa shape index (κ3) is 27.2. The summed E-state index contributed by atoms with van der Waals surface area (Å²) in [7, 11) is -3.66. The van der Waals surface area contributed by atoms with E-state index >= 15 is 0 Å². The molecule has 0 aromatic heterocycles. The van der Waals surface area contributed by atoms with Gasteiger partial charge in [-0.15, -0.1) is 0 Å². The van der Waals surface area contributed by atoms with Gasteiger partial charge in [0.1, 0.15) is 0 Å². The molecule has 0 radical (unpaired) electrons. The van der Waals surface area contributed by atoms with Crippen LogP contribution in [0.25, 0.3) is 0 Å². The van der Waals surface area contributed by atoms with E-state index in [-0.39, 0.29) is 11.7 Å². The highest BCUT2D eigenvalue weighted by molar-refractivity contribution is 7.85. The van der Waals surface area contributed by atoms with Gasteiger partial charge >= 0.3 is 0 Å². The lowest BCUT2D eigenvalue weighted by Gasteiger charge is -1.85. The van der Waals surface area contributed by atoms with Gasteiger partial charge in [0.05, 0.1) is 5.75 Å². The molecule has 0 aromatic carbocycles. The van der Waals surface area contributed by atoms with Crippen LogP contribution in [0, 0.1) is 5.41 Å². The summed E-state index contributed by atoms with van der Waals surface area (Å²) in [6.45, 7) is 1.37.